The summed E-state index contributed by atoms with van der Waals surface area (Å²) in [5, 5.41) is 0. The van der Waals surface area contributed by atoms with Crippen LogP contribution in [0.15, 0.2) is 27.6 Å². The van der Waals surface area contributed by atoms with Crippen LogP contribution >= 0.6 is 15.9 Å². The number of benzene rings is 1. The van der Waals surface area contributed by atoms with Gasteiger partial charge in [0.15, 0.2) is 0 Å². The van der Waals surface area contributed by atoms with E-state index in [0.29, 0.717) is 10.9 Å². The third-order valence-electron chi connectivity index (χ3n) is 2.53. The molecule has 0 saturated carbocycles. The minimum Gasteiger partial charge on any atom is -0.465 e. The predicted octanol–water partition coefficient (Wildman–Crippen LogP) is 1.25. The van der Waals surface area contributed by atoms with Crippen molar-refractivity contribution in [1.29, 1.82) is 0 Å². The molecule has 0 saturated heterocycles. The van der Waals surface area contributed by atoms with E-state index in [9.17, 15) is 13.2 Å². The second-order valence-corrected chi connectivity index (χ2v) is 6.89. The van der Waals surface area contributed by atoms with E-state index >= 15 is 0 Å². The van der Waals surface area contributed by atoms with Gasteiger partial charge in [-0.1, -0.05) is 0 Å². The van der Waals surface area contributed by atoms with Crippen molar-refractivity contribution in [3.8, 4) is 0 Å². The summed E-state index contributed by atoms with van der Waals surface area (Å²) in [6.45, 7) is 2.06. The monoisotopic (exact) mass is 364 g/mol. The lowest BCUT2D eigenvalue weighted by atomic mass is 10.2. The van der Waals surface area contributed by atoms with Crippen molar-refractivity contribution in [2.24, 2.45) is 5.73 Å². The summed E-state index contributed by atoms with van der Waals surface area (Å²) in [4.78, 5) is 11.4. The zero-order valence-corrected chi connectivity index (χ0v) is 13.6. The molecule has 1 unspecified atom stereocenters. The van der Waals surface area contributed by atoms with Crippen LogP contribution in [0.1, 0.15) is 23.7 Å². The van der Waals surface area contributed by atoms with Crippen molar-refractivity contribution in [3.63, 3.8) is 0 Å². The van der Waals surface area contributed by atoms with E-state index in [1.807, 2.05) is 0 Å². The first-order chi connectivity index (χ1) is 9.27. The first-order valence-corrected chi connectivity index (χ1v) is 8.18. The Labute approximate surface area is 126 Å². The highest BCUT2D eigenvalue weighted by atomic mass is 79.9. The van der Waals surface area contributed by atoms with Gasteiger partial charge in [-0.05, 0) is 47.5 Å². The summed E-state index contributed by atoms with van der Waals surface area (Å²) in [7, 11) is -2.38. The Kier molecular flexibility index (Phi) is 6.12. The van der Waals surface area contributed by atoms with Crippen LogP contribution in [0.25, 0.3) is 0 Å². The number of ether oxygens (including phenoxy) is 1. The molecule has 0 fully saturated rings. The molecule has 20 heavy (non-hydrogen) atoms. The Morgan fingerprint density at radius 1 is 1.50 bits per heavy atom. The zero-order chi connectivity index (χ0) is 15.3. The van der Waals surface area contributed by atoms with Crippen molar-refractivity contribution in [2.75, 3.05) is 13.7 Å². The molecule has 0 heterocycles. The summed E-state index contributed by atoms with van der Waals surface area (Å²) in [5.41, 5.74) is 5.84. The van der Waals surface area contributed by atoms with Crippen LogP contribution in [0.5, 0.6) is 0 Å². The lowest BCUT2D eigenvalue weighted by Crippen LogP contribution is -2.29. The molecule has 3 N–H and O–H groups in total. The number of nitrogens with two attached hydrogens (primary N) is 1. The zero-order valence-electron chi connectivity index (χ0n) is 11.2. The molecule has 1 rings (SSSR count). The maximum Gasteiger partial charge on any atom is 0.337 e. The van der Waals surface area contributed by atoms with Crippen LogP contribution in [0.3, 0.4) is 0 Å². The average molecular weight is 365 g/mol. The molecule has 0 aromatic heterocycles. The van der Waals surface area contributed by atoms with Gasteiger partial charge in [0.1, 0.15) is 0 Å². The van der Waals surface area contributed by atoms with Gasteiger partial charge in [-0.25, -0.2) is 17.9 Å². The van der Waals surface area contributed by atoms with E-state index in [-0.39, 0.29) is 23.0 Å². The van der Waals surface area contributed by atoms with Gasteiger partial charge in [-0.3, -0.25) is 0 Å². The first-order valence-electron chi connectivity index (χ1n) is 5.91. The number of methoxy groups -OCH3 is 1. The molecule has 1 atom stereocenters. The van der Waals surface area contributed by atoms with Crippen LogP contribution in [-0.2, 0) is 14.8 Å². The number of hydrogen-bond donors (Lipinski definition) is 2. The van der Waals surface area contributed by atoms with Crippen molar-refractivity contribution in [1.82, 2.24) is 4.72 Å². The molecule has 0 aliphatic heterocycles. The van der Waals surface area contributed by atoms with E-state index in [1.54, 1.807) is 6.92 Å². The number of rotatable bonds is 6. The molecule has 8 heteroatoms. The van der Waals surface area contributed by atoms with Crippen LogP contribution in [0, 0.1) is 0 Å². The van der Waals surface area contributed by atoms with Crippen LogP contribution in [0.4, 0.5) is 0 Å². The maximum atomic E-state index is 12.1. The molecular weight excluding hydrogens is 348 g/mol. The van der Waals surface area contributed by atoms with Crippen LogP contribution in [0.2, 0.25) is 0 Å². The van der Waals surface area contributed by atoms with Gasteiger partial charge in [0, 0.05) is 17.1 Å². The highest BCUT2D eigenvalue weighted by Gasteiger charge is 2.19. The summed E-state index contributed by atoms with van der Waals surface area (Å²) in [5.74, 6) is -0.528. The molecule has 0 aliphatic rings. The number of hydrogen-bond acceptors (Lipinski definition) is 5. The smallest absolute Gasteiger partial charge is 0.337 e. The Morgan fingerprint density at radius 2 is 2.15 bits per heavy atom. The first kappa shape index (κ1) is 17.1. The molecule has 0 radical (unpaired) electrons. The number of carbonyl (C=O) groups is 1. The van der Waals surface area contributed by atoms with Crippen molar-refractivity contribution in [2.45, 2.75) is 24.3 Å². The number of nitrogens with one attached hydrogen (secondary N) is 1. The fourth-order valence-corrected chi connectivity index (χ4v) is 3.59. The van der Waals surface area contributed by atoms with Crippen LogP contribution in [-0.4, -0.2) is 34.1 Å². The highest BCUT2D eigenvalue weighted by Crippen LogP contribution is 2.23. The largest absolute Gasteiger partial charge is 0.465 e. The molecule has 1 aromatic carbocycles. The Hall–Kier alpha value is -0.960. The minimum absolute atomic E-state index is 0.0647. The van der Waals surface area contributed by atoms with Gasteiger partial charge < -0.3 is 10.5 Å². The molecule has 112 valence electrons. The summed E-state index contributed by atoms with van der Waals surface area (Å²) < 4.78 is 31.5. The topological polar surface area (TPSA) is 98.5 Å². The SMILES string of the molecule is COC(=O)c1ccc(S(=O)(=O)NCCC(C)N)c(Br)c1. The van der Waals surface area contributed by atoms with Gasteiger partial charge in [0.2, 0.25) is 10.0 Å². The fraction of sp³-hybridized carbons (Fsp3) is 0.417. The Balaban J connectivity index is 2.93. The Bertz CT molecular complexity index is 587. The maximum absolute atomic E-state index is 12.1. The quantitative estimate of drug-likeness (QED) is 0.740. The van der Waals surface area contributed by atoms with Gasteiger partial charge in [-0.15, -0.1) is 0 Å². The lowest BCUT2D eigenvalue weighted by molar-refractivity contribution is 0.0600. The molecule has 0 aliphatic carbocycles. The fourth-order valence-electron chi connectivity index (χ4n) is 1.46. The second-order valence-electron chi connectivity index (χ2n) is 4.30. The predicted molar refractivity (Wildman–Crippen MR) is 78.9 cm³/mol. The van der Waals surface area contributed by atoms with Gasteiger partial charge in [0.25, 0.3) is 0 Å². The van der Waals surface area contributed by atoms with E-state index in [4.69, 9.17) is 5.73 Å². The molecule has 0 spiro atoms. The molecule has 0 amide bonds. The summed E-state index contributed by atoms with van der Waals surface area (Å²) >= 11 is 3.15. The second kappa shape index (κ2) is 7.16. The highest BCUT2D eigenvalue weighted by molar-refractivity contribution is 9.10. The summed E-state index contributed by atoms with van der Waals surface area (Å²) in [6, 6.07) is 4.08. The van der Waals surface area contributed by atoms with E-state index in [1.165, 1.54) is 25.3 Å². The minimum atomic E-state index is -3.64. The van der Waals surface area contributed by atoms with Crippen molar-refractivity contribution >= 4 is 31.9 Å². The molecular formula is C12H17BrN2O4S. The lowest BCUT2D eigenvalue weighted by Gasteiger charge is -2.10. The van der Waals surface area contributed by atoms with Crippen molar-refractivity contribution < 1.29 is 17.9 Å². The third-order valence-corrected chi connectivity index (χ3v) is 4.97. The number of sulfonamides is 1. The number of halogens is 1. The van der Waals surface area contributed by atoms with Crippen LogP contribution < -0.4 is 10.5 Å². The third kappa shape index (κ3) is 4.55. The van der Waals surface area contributed by atoms with Gasteiger partial charge in [-0.2, -0.15) is 0 Å². The standard InChI is InChI=1S/C12H17BrN2O4S/c1-8(14)5-6-15-20(17,18)11-4-3-9(7-10(11)13)12(16)19-2/h3-4,7-8,15H,5-6,14H2,1-2H3. The molecule has 0 bridgehead atoms. The molecule has 6 nitrogen and oxygen atoms in total. The van der Waals surface area contributed by atoms with Gasteiger partial charge >= 0.3 is 5.97 Å². The van der Waals surface area contributed by atoms with Gasteiger partial charge in [0.05, 0.1) is 17.6 Å². The van der Waals surface area contributed by atoms with Crippen molar-refractivity contribution in [3.05, 3.63) is 28.2 Å². The summed E-state index contributed by atoms with van der Waals surface area (Å²) in [6.07, 6.45) is 0.539. The van der Waals surface area contributed by atoms with E-state index in [0.717, 1.165) is 0 Å². The van der Waals surface area contributed by atoms with E-state index < -0.39 is 16.0 Å². The Morgan fingerprint density at radius 3 is 2.65 bits per heavy atom. The average Bonchev–Trinajstić information content (AvgIpc) is 2.36. The normalized spacial score (nSPS) is 13.0. The number of carbonyl (C=O) groups excluding carboxylic acids is 1. The molecule has 1 aromatic rings. The van der Waals surface area contributed by atoms with E-state index in [2.05, 4.69) is 25.4 Å². The number of esters is 1.